The summed E-state index contributed by atoms with van der Waals surface area (Å²) in [6.45, 7) is 3.79. The fraction of sp³-hybridized carbons (Fsp3) is 0.273. The lowest BCUT2D eigenvalue weighted by Gasteiger charge is -2.19. The van der Waals surface area contributed by atoms with E-state index in [1.54, 1.807) is 24.3 Å². The summed E-state index contributed by atoms with van der Waals surface area (Å²) in [7, 11) is 0. The predicted molar refractivity (Wildman–Crippen MR) is 112 cm³/mol. The Morgan fingerprint density at radius 3 is 2.53 bits per heavy atom. The minimum Gasteiger partial charge on any atom is -0.491 e. The summed E-state index contributed by atoms with van der Waals surface area (Å²) < 4.78 is 37.8. The first-order valence-electron chi connectivity index (χ1n) is 10.4. The van der Waals surface area contributed by atoms with Gasteiger partial charge >= 0.3 is 0 Å². The molecule has 0 bridgehead atoms. The summed E-state index contributed by atoms with van der Waals surface area (Å²) in [6.07, 6.45) is 0.0456. The number of carbonyl (C=O) groups excluding carboxylic acids is 2. The first-order valence-corrected chi connectivity index (χ1v) is 10.4. The van der Waals surface area contributed by atoms with Crippen molar-refractivity contribution in [3.05, 3.63) is 60.0 Å². The highest BCUT2D eigenvalue weighted by atomic mass is 19.2. The van der Waals surface area contributed by atoms with Crippen LogP contribution in [-0.2, 0) is 16.1 Å². The predicted octanol–water partition coefficient (Wildman–Crippen LogP) is 3.30. The van der Waals surface area contributed by atoms with Crippen LogP contribution in [-0.4, -0.2) is 45.2 Å². The van der Waals surface area contributed by atoms with E-state index in [9.17, 15) is 18.4 Å². The van der Waals surface area contributed by atoms with E-state index < -0.39 is 35.5 Å². The quantitative estimate of drug-likeness (QED) is 0.510. The van der Waals surface area contributed by atoms with Crippen molar-refractivity contribution in [3.63, 3.8) is 0 Å². The summed E-state index contributed by atoms with van der Waals surface area (Å²) in [5.41, 5.74) is 0.618. The van der Waals surface area contributed by atoms with Crippen LogP contribution in [0.1, 0.15) is 19.7 Å². The minimum absolute atomic E-state index is 0.0456. The maximum absolute atomic E-state index is 13.6. The number of fused-ring (bicyclic) bond motifs is 1. The van der Waals surface area contributed by atoms with E-state index in [2.05, 4.69) is 20.5 Å². The van der Waals surface area contributed by atoms with Crippen LogP contribution in [0.2, 0.25) is 0 Å². The molecule has 5 rings (SSSR count). The van der Waals surface area contributed by atoms with Gasteiger partial charge in [0.1, 0.15) is 12.3 Å². The fourth-order valence-corrected chi connectivity index (χ4v) is 3.76. The topological polar surface area (TPSA) is 113 Å². The summed E-state index contributed by atoms with van der Waals surface area (Å²) in [5.74, 6) is -2.40. The largest absolute Gasteiger partial charge is 0.491 e. The molecule has 2 amide bonds. The molecule has 2 aromatic carbocycles. The summed E-state index contributed by atoms with van der Waals surface area (Å²) in [4.78, 5) is 30.8. The van der Waals surface area contributed by atoms with Crippen molar-refractivity contribution in [2.24, 2.45) is 10.3 Å². The number of hydrogen-bond donors (Lipinski definition) is 0. The van der Waals surface area contributed by atoms with Crippen molar-refractivity contribution < 1.29 is 27.6 Å². The van der Waals surface area contributed by atoms with Gasteiger partial charge < -0.3 is 9.26 Å². The zero-order chi connectivity index (χ0) is 24.0. The lowest BCUT2D eigenvalue weighted by molar-refractivity contribution is -0.123. The Kier molecular flexibility index (Phi) is 5.27. The molecule has 2 atom stereocenters. The lowest BCUT2D eigenvalue weighted by atomic mass is 10.1. The summed E-state index contributed by atoms with van der Waals surface area (Å²) in [5, 5.41) is 13.0. The van der Waals surface area contributed by atoms with Crippen molar-refractivity contribution in [2.45, 2.75) is 38.6 Å². The van der Waals surface area contributed by atoms with Gasteiger partial charge in [0.05, 0.1) is 11.8 Å². The highest BCUT2D eigenvalue weighted by Crippen LogP contribution is 2.33. The van der Waals surface area contributed by atoms with Crippen LogP contribution in [0, 0.1) is 11.6 Å². The Labute approximate surface area is 191 Å². The van der Waals surface area contributed by atoms with E-state index in [4.69, 9.17) is 9.26 Å². The molecule has 2 aliphatic heterocycles. The van der Waals surface area contributed by atoms with Gasteiger partial charge in [0, 0.05) is 11.6 Å². The average Bonchev–Trinajstić information content (AvgIpc) is 3.49. The molecule has 3 aromatic rings. The standard InChI is InChI=1S/C22H18F2N6O4/c1-11(2)33-14-6-3-12(4-7-14)20-25-17(34-27-20)10-29-19-18(26-28-29)21(31)30(22(19)32)13-5-8-15(23)16(24)9-13/h3-9,11,18-19H,10H2,1-2H3/t18-,19+/m0/s1. The molecule has 12 heteroatoms. The molecule has 0 spiro atoms. The number of imide groups is 1. The molecule has 34 heavy (non-hydrogen) atoms. The van der Waals surface area contributed by atoms with Crippen LogP contribution < -0.4 is 9.64 Å². The van der Waals surface area contributed by atoms with E-state index in [0.717, 1.165) is 23.1 Å². The normalized spacial score (nSPS) is 19.4. The Morgan fingerprint density at radius 1 is 1.06 bits per heavy atom. The van der Waals surface area contributed by atoms with Crippen LogP contribution in [0.25, 0.3) is 11.4 Å². The van der Waals surface area contributed by atoms with Crippen molar-refractivity contribution in [1.82, 2.24) is 15.1 Å². The molecule has 3 heterocycles. The zero-order valence-corrected chi connectivity index (χ0v) is 18.1. The molecule has 10 nitrogen and oxygen atoms in total. The number of halogens is 2. The number of amides is 2. The van der Waals surface area contributed by atoms with Gasteiger partial charge in [0.15, 0.2) is 23.7 Å². The number of aromatic nitrogens is 2. The molecule has 0 radical (unpaired) electrons. The number of hydrogen-bond acceptors (Lipinski definition) is 9. The first-order chi connectivity index (χ1) is 16.3. The molecular weight excluding hydrogens is 450 g/mol. The van der Waals surface area contributed by atoms with E-state index in [1.807, 2.05) is 13.8 Å². The van der Waals surface area contributed by atoms with Crippen LogP contribution >= 0.6 is 0 Å². The molecule has 1 saturated heterocycles. The second-order valence-corrected chi connectivity index (χ2v) is 8.01. The number of rotatable bonds is 6. The van der Waals surface area contributed by atoms with Crippen LogP contribution in [0.4, 0.5) is 14.5 Å². The van der Waals surface area contributed by atoms with E-state index in [-0.39, 0.29) is 24.2 Å². The monoisotopic (exact) mass is 468 g/mol. The molecule has 2 aliphatic rings. The Bertz CT molecular complexity index is 1290. The van der Waals surface area contributed by atoms with Gasteiger partial charge in [-0.2, -0.15) is 10.1 Å². The Hall–Kier alpha value is -4.22. The molecule has 1 aromatic heterocycles. The van der Waals surface area contributed by atoms with E-state index in [1.165, 1.54) is 5.01 Å². The second-order valence-electron chi connectivity index (χ2n) is 8.01. The van der Waals surface area contributed by atoms with Gasteiger partial charge in [-0.05, 0) is 50.2 Å². The van der Waals surface area contributed by atoms with E-state index >= 15 is 0 Å². The molecule has 0 saturated carbocycles. The highest BCUT2D eigenvalue weighted by Gasteiger charge is 2.55. The van der Waals surface area contributed by atoms with Crippen LogP contribution in [0.3, 0.4) is 0 Å². The number of ether oxygens (including phenoxy) is 1. The molecular formula is C22H18F2N6O4. The smallest absolute Gasteiger partial charge is 0.263 e. The average molecular weight is 468 g/mol. The maximum Gasteiger partial charge on any atom is 0.263 e. The number of anilines is 1. The van der Waals surface area contributed by atoms with Crippen molar-refractivity contribution in [3.8, 4) is 17.1 Å². The van der Waals surface area contributed by atoms with Crippen molar-refractivity contribution in [1.29, 1.82) is 0 Å². The first kappa shape index (κ1) is 21.6. The summed E-state index contributed by atoms with van der Waals surface area (Å²) >= 11 is 0. The van der Waals surface area contributed by atoms with Crippen LogP contribution in [0.15, 0.2) is 57.3 Å². The molecule has 1 fully saturated rings. The number of benzene rings is 2. The SMILES string of the molecule is CC(C)Oc1ccc(-c2noc(CN3N=N[C@@H]4C(=O)N(c5ccc(F)c(F)c5)C(=O)[C@@H]43)n2)cc1. The van der Waals surface area contributed by atoms with Gasteiger partial charge in [-0.1, -0.05) is 10.4 Å². The maximum atomic E-state index is 13.6. The Balaban J connectivity index is 1.31. The van der Waals surface area contributed by atoms with Gasteiger partial charge in [0.2, 0.25) is 11.7 Å². The van der Waals surface area contributed by atoms with Crippen molar-refractivity contribution in [2.75, 3.05) is 4.90 Å². The van der Waals surface area contributed by atoms with Gasteiger partial charge in [-0.25, -0.2) is 13.7 Å². The highest BCUT2D eigenvalue weighted by molar-refractivity contribution is 6.25. The third-order valence-electron chi connectivity index (χ3n) is 5.27. The third kappa shape index (κ3) is 3.76. The third-order valence-corrected chi connectivity index (χ3v) is 5.27. The Morgan fingerprint density at radius 2 is 1.82 bits per heavy atom. The minimum atomic E-state index is -1.17. The van der Waals surface area contributed by atoms with E-state index in [0.29, 0.717) is 17.1 Å². The number of nitrogens with zero attached hydrogens (tertiary/aromatic N) is 6. The molecule has 174 valence electrons. The molecule has 0 unspecified atom stereocenters. The van der Waals surface area contributed by atoms with Crippen LogP contribution in [0.5, 0.6) is 5.75 Å². The zero-order valence-electron chi connectivity index (χ0n) is 18.1. The number of carbonyl (C=O) groups is 2. The van der Waals surface area contributed by atoms with Crippen molar-refractivity contribution >= 4 is 17.5 Å². The second kappa shape index (κ2) is 8.28. The van der Waals surface area contributed by atoms with Gasteiger partial charge in [0.25, 0.3) is 11.8 Å². The lowest BCUT2D eigenvalue weighted by Crippen LogP contribution is -2.39. The summed E-state index contributed by atoms with van der Waals surface area (Å²) in [6, 6.07) is 7.79. The fourth-order valence-electron chi connectivity index (χ4n) is 3.76. The van der Waals surface area contributed by atoms with Gasteiger partial charge in [-0.15, -0.1) is 0 Å². The van der Waals surface area contributed by atoms with Gasteiger partial charge in [-0.3, -0.25) is 14.6 Å². The molecule has 0 aliphatic carbocycles. The molecule has 0 N–H and O–H groups in total.